The van der Waals surface area contributed by atoms with Crippen molar-refractivity contribution in [3.8, 4) is 0 Å². The van der Waals surface area contributed by atoms with Gasteiger partial charge in [-0.3, -0.25) is 9.69 Å². The van der Waals surface area contributed by atoms with Crippen LogP contribution in [0.15, 0.2) is 0 Å². The zero-order chi connectivity index (χ0) is 12.3. The van der Waals surface area contributed by atoms with Crippen molar-refractivity contribution in [2.45, 2.75) is 32.7 Å². The van der Waals surface area contributed by atoms with Gasteiger partial charge in [0.2, 0.25) is 5.91 Å². The number of likely N-dealkylation sites (tertiary alicyclic amines) is 1. The van der Waals surface area contributed by atoms with Crippen LogP contribution >= 0.6 is 0 Å². The Hall–Kier alpha value is -0.610. The summed E-state index contributed by atoms with van der Waals surface area (Å²) in [5.74, 6) is 0.620. The van der Waals surface area contributed by atoms with E-state index in [9.17, 15) is 4.79 Å². The SMILES string of the molecule is CCN(CC)C1CCN(C(=O)C2CCNC2)C1. The smallest absolute Gasteiger partial charge is 0.227 e. The van der Waals surface area contributed by atoms with Gasteiger partial charge in [0.1, 0.15) is 0 Å². The second-order valence-electron chi connectivity index (χ2n) is 5.14. The summed E-state index contributed by atoms with van der Waals surface area (Å²) >= 11 is 0. The topological polar surface area (TPSA) is 35.6 Å². The van der Waals surface area contributed by atoms with Gasteiger partial charge in [0, 0.05) is 25.7 Å². The highest BCUT2D eigenvalue weighted by Crippen LogP contribution is 2.19. The number of nitrogens with one attached hydrogen (secondary N) is 1. The molecule has 2 aliphatic rings. The zero-order valence-corrected chi connectivity index (χ0v) is 11.1. The summed E-state index contributed by atoms with van der Waals surface area (Å²) in [4.78, 5) is 16.8. The largest absolute Gasteiger partial charge is 0.341 e. The maximum atomic E-state index is 12.3. The first-order chi connectivity index (χ1) is 8.26. The lowest BCUT2D eigenvalue weighted by atomic mass is 10.1. The minimum Gasteiger partial charge on any atom is -0.341 e. The Morgan fingerprint density at radius 3 is 2.71 bits per heavy atom. The molecule has 0 radical (unpaired) electrons. The molecule has 0 aromatic heterocycles. The van der Waals surface area contributed by atoms with Gasteiger partial charge in [-0.25, -0.2) is 0 Å². The predicted molar refractivity (Wildman–Crippen MR) is 68.9 cm³/mol. The first kappa shape index (κ1) is 12.8. The summed E-state index contributed by atoms with van der Waals surface area (Å²) in [5, 5.41) is 3.28. The van der Waals surface area contributed by atoms with Crippen LogP contribution in [0.4, 0.5) is 0 Å². The maximum Gasteiger partial charge on any atom is 0.227 e. The van der Waals surface area contributed by atoms with E-state index in [1.807, 2.05) is 0 Å². The number of hydrogen-bond donors (Lipinski definition) is 1. The van der Waals surface area contributed by atoms with Gasteiger partial charge in [-0.15, -0.1) is 0 Å². The summed E-state index contributed by atoms with van der Waals surface area (Å²) in [6.45, 7) is 10.4. The summed E-state index contributed by atoms with van der Waals surface area (Å²) in [7, 11) is 0. The van der Waals surface area contributed by atoms with E-state index in [1.54, 1.807) is 0 Å². The summed E-state index contributed by atoms with van der Waals surface area (Å²) in [6, 6.07) is 0.586. The summed E-state index contributed by atoms with van der Waals surface area (Å²) in [5.41, 5.74) is 0. The minimum atomic E-state index is 0.241. The van der Waals surface area contributed by atoms with Gasteiger partial charge in [0.15, 0.2) is 0 Å². The Kier molecular flexibility index (Phi) is 4.40. The molecule has 2 atom stereocenters. The highest BCUT2D eigenvalue weighted by Gasteiger charge is 2.33. The molecule has 0 saturated carbocycles. The molecule has 2 unspecified atom stereocenters. The molecule has 1 N–H and O–H groups in total. The second kappa shape index (κ2) is 5.83. The van der Waals surface area contributed by atoms with E-state index in [-0.39, 0.29) is 5.92 Å². The summed E-state index contributed by atoms with van der Waals surface area (Å²) < 4.78 is 0. The van der Waals surface area contributed by atoms with Gasteiger partial charge >= 0.3 is 0 Å². The molecular formula is C13H25N3O. The number of likely N-dealkylation sites (N-methyl/N-ethyl adjacent to an activating group) is 1. The van der Waals surface area contributed by atoms with Crippen molar-refractivity contribution in [1.82, 2.24) is 15.1 Å². The minimum absolute atomic E-state index is 0.241. The fourth-order valence-electron chi connectivity index (χ4n) is 3.10. The Morgan fingerprint density at radius 1 is 1.35 bits per heavy atom. The van der Waals surface area contributed by atoms with E-state index in [0.29, 0.717) is 11.9 Å². The molecule has 98 valence electrons. The second-order valence-corrected chi connectivity index (χ2v) is 5.14. The number of carbonyl (C=O) groups excluding carboxylic acids is 1. The van der Waals surface area contributed by atoms with E-state index in [2.05, 4.69) is 29.0 Å². The van der Waals surface area contributed by atoms with Crippen LogP contribution in [-0.2, 0) is 4.79 Å². The zero-order valence-electron chi connectivity index (χ0n) is 11.1. The number of amides is 1. The number of carbonyl (C=O) groups is 1. The lowest BCUT2D eigenvalue weighted by Gasteiger charge is -2.26. The molecule has 2 fully saturated rings. The normalized spacial score (nSPS) is 29.2. The molecule has 0 spiro atoms. The van der Waals surface area contributed by atoms with Gasteiger partial charge in [0.05, 0.1) is 5.92 Å². The van der Waals surface area contributed by atoms with Crippen molar-refractivity contribution in [1.29, 1.82) is 0 Å². The van der Waals surface area contributed by atoms with Crippen molar-refractivity contribution in [2.75, 3.05) is 39.3 Å². The predicted octanol–water partition coefficient (Wildman–Crippen LogP) is 0.539. The first-order valence-electron chi connectivity index (χ1n) is 6.99. The van der Waals surface area contributed by atoms with Crippen LogP contribution in [0.2, 0.25) is 0 Å². The van der Waals surface area contributed by atoms with Crippen molar-refractivity contribution in [3.63, 3.8) is 0 Å². The summed E-state index contributed by atoms with van der Waals surface area (Å²) in [6.07, 6.45) is 2.17. The highest BCUT2D eigenvalue weighted by atomic mass is 16.2. The molecule has 2 heterocycles. The molecule has 2 saturated heterocycles. The molecular weight excluding hydrogens is 214 g/mol. The molecule has 4 nitrogen and oxygen atoms in total. The average Bonchev–Trinajstić information content (AvgIpc) is 3.01. The highest BCUT2D eigenvalue weighted by molar-refractivity contribution is 5.79. The van der Waals surface area contributed by atoms with Crippen molar-refractivity contribution < 1.29 is 4.79 Å². The lowest BCUT2D eigenvalue weighted by Crippen LogP contribution is -2.40. The molecule has 1 amide bonds. The Morgan fingerprint density at radius 2 is 2.12 bits per heavy atom. The molecule has 0 bridgehead atoms. The van der Waals surface area contributed by atoms with Gasteiger partial charge in [-0.05, 0) is 32.5 Å². The van der Waals surface area contributed by atoms with E-state index in [4.69, 9.17) is 0 Å². The third kappa shape index (κ3) is 2.80. The molecule has 4 heteroatoms. The van der Waals surface area contributed by atoms with Gasteiger partial charge in [-0.1, -0.05) is 13.8 Å². The van der Waals surface area contributed by atoms with Crippen LogP contribution in [0, 0.1) is 5.92 Å². The fourth-order valence-corrected chi connectivity index (χ4v) is 3.10. The van der Waals surface area contributed by atoms with Crippen LogP contribution in [0.3, 0.4) is 0 Å². The fraction of sp³-hybridized carbons (Fsp3) is 0.923. The average molecular weight is 239 g/mol. The van der Waals surface area contributed by atoms with Crippen LogP contribution in [0.1, 0.15) is 26.7 Å². The van der Waals surface area contributed by atoms with Crippen LogP contribution < -0.4 is 5.32 Å². The number of nitrogens with zero attached hydrogens (tertiary/aromatic N) is 2. The van der Waals surface area contributed by atoms with Crippen molar-refractivity contribution >= 4 is 5.91 Å². The van der Waals surface area contributed by atoms with Gasteiger partial charge in [0.25, 0.3) is 0 Å². The molecule has 2 aliphatic heterocycles. The van der Waals surface area contributed by atoms with Crippen molar-refractivity contribution in [3.05, 3.63) is 0 Å². The number of rotatable bonds is 4. The first-order valence-corrected chi connectivity index (χ1v) is 6.99. The Bertz CT molecular complexity index is 259. The maximum absolute atomic E-state index is 12.3. The lowest BCUT2D eigenvalue weighted by molar-refractivity contribution is -0.134. The number of hydrogen-bond acceptors (Lipinski definition) is 3. The Balaban J connectivity index is 1.86. The van der Waals surface area contributed by atoms with Gasteiger partial charge < -0.3 is 10.2 Å². The van der Waals surface area contributed by atoms with E-state index < -0.39 is 0 Å². The van der Waals surface area contributed by atoms with E-state index in [0.717, 1.165) is 52.1 Å². The molecule has 2 rings (SSSR count). The monoisotopic (exact) mass is 239 g/mol. The molecule has 17 heavy (non-hydrogen) atoms. The molecule has 0 aliphatic carbocycles. The van der Waals surface area contributed by atoms with Crippen molar-refractivity contribution in [2.24, 2.45) is 5.92 Å². The molecule has 0 aromatic rings. The quantitative estimate of drug-likeness (QED) is 0.778. The van der Waals surface area contributed by atoms with Crippen LogP contribution in [0.5, 0.6) is 0 Å². The van der Waals surface area contributed by atoms with E-state index >= 15 is 0 Å². The Labute approximate surface area is 104 Å². The van der Waals surface area contributed by atoms with Crippen LogP contribution in [0.25, 0.3) is 0 Å². The van der Waals surface area contributed by atoms with E-state index in [1.165, 1.54) is 0 Å². The third-order valence-corrected chi connectivity index (χ3v) is 4.21. The molecule has 0 aromatic carbocycles. The third-order valence-electron chi connectivity index (χ3n) is 4.21. The van der Waals surface area contributed by atoms with Crippen LogP contribution in [-0.4, -0.2) is 61.0 Å². The standard InChI is InChI=1S/C13H25N3O/c1-3-15(4-2)12-6-8-16(10-12)13(17)11-5-7-14-9-11/h11-12,14H,3-10H2,1-2H3. The van der Waals surface area contributed by atoms with Gasteiger partial charge in [-0.2, -0.15) is 0 Å².